The number of aromatic nitrogens is 3. The summed E-state index contributed by atoms with van der Waals surface area (Å²) in [7, 11) is 0. The molecule has 0 aliphatic rings. The first-order chi connectivity index (χ1) is 12.9. The molecule has 0 unspecified atom stereocenters. The molecule has 0 spiro atoms. The lowest BCUT2D eigenvalue weighted by molar-refractivity contribution is 0.0950. The van der Waals surface area contributed by atoms with Gasteiger partial charge in [-0.05, 0) is 19.8 Å². The number of hydrogen-bond donors (Lipinski definition) is 2. The van der Waals surface area contributed by atoms with Crippen molar-refractivity contribution in [2.45, 2.75) is 59.4 Å². The van der Waals surface area contributed by atoms with E-state index in [0.717, 1.165) is 25.7 Å². The molecule has 2 aromatic rings. The molecule has 0 aromatic carbocycles. The van der Waals surface area contributed by atoms with E-state index >= 15 is 0 Å². The summed E-state index contributed by atoms with van der Waals surface area (Å²) in [5.74, 6) is -0.503. The van der Waals surface area contributed by atoms with Gasteiger partial charge in [0.25, 0.3) is 11.5 Å². The summed E-state index contributed by atoms with van der Waals surface area (Å²) in [6, 6.07) is 1.51. The van der Waals surface area contributed by atoms with Gasteiger partial charge in [-0.1, -0.05) is 38.3 Å². The lowest BCUT2D eigenvalue weighted by Gasteiger charge is -2.23. The Bertz CT molecular complexity index is 896. The lowest BCUT2D eigenvalue weighted by atomic mass is 10.2. The third kappa shape index (κ3) is 4.66. The number of rotatable bonds is 9. The van der Waals surface area contributed by atoms with Crippen LogP contribution < -0.4 is 21.9 Å². The number of nitrogens with two attached hydrogens (primary N) is 1. The maximum atomic E-state index is 13.0. The fourth-order valence-corrected chi connectivity index (χ4v) is 2.81. The molecular formula is C18H27N5O4. The Labute approximate surface area is 157 Å². The van der Waals surface area contributed by atoms with E-state index in [4.69, 9.17) is 10.3 Å². The average Bonchev–Trinajstić information content (AvgIpc) is 3.06. The van der Waals surface area contributed by atoms with Crippen LogP contribution in [0.4, 0.5) is 11.5 Å². The zero-order valence-corrected chi connectivity index (χ0v) is 16.1. The van der Waals surface area contributed by atoms with Gasteiger partial charge in [0, 0.05) is 19.2 Å². The number of carbonyl (C=O) groups is 1. The quantitative estimate of drug-likeness (QED) is 0.644. The van der Waals surface area contributed by atoms with Gasteiger partial charge in [0.05, 0.1) is 5.69 Å². The molecule has 2 rings (SSSR count). The van der Waals surface area contributed by atoms with E-state index < -0.39 is 17.2 Å². The summed E-state index contributed by atoms with van der Waals surface area (Å²) in [5, 5.41) is 3.73. The van der Waals surface area contributed by atoms with Gasteiger partial charge in [0.1, 0.15) is 5.82 Å². The third-order valence-electron chi connectivity index (χ3n) is 4.29. The summed E-state index contributed by atoms with van der Waals surface area (Å²) in [4.78, 5) is 41.2. The SMILES string of the molecule is CCCCCN(C(=O)c1cc(C)no1)c1c(N)n(CCCC)c(=O)[nH]c1=O. The molecule has 9 nitrogen and oxygen atoms in total. The van der Waals surface area contributed by atoms with Crippen molar-refractivity contribution in [3.63, 3.8) is 0 Å². The molecule has 0 aliphatic heterocycles. The number of amides is 1. The van der Waals surface area contributed by atoms with Crippen LogP contribution in [0.2, 0.25) is 0 Å². The minimum atomic E-state index is -0.689. The summed E-state index contributed by atoms with van der Waals surface area (Å²) < 4.78 is 6.37. The summed E-state index contributed by atoms with van der Waals surface area (Å²) in [5.41, 5.74) is 5.42. The van der Waals surface area contributed by atoms with Gasteiger partial charge in [-0.25, -0.2) is 4.79 Å². The average molecular weight is 377 g/mol. The van der Waals surface area contributed by atoms with Gasteiger partial charge in [-0.2, -0.15) is 0 Å². The van der Waals surface area contributed by atoms with Crippen molar-refractivity contribution in [1.82, 2.24) is 14.7 Å². The van der Waals surface area contributed by atoms with Crippen molar-refractivity contribution in [3.05, 3.63) is 38.4 Å². The van der Waals surface area contributed by atoms with Crippen LogP contribution in [0.3, 0.4) is 0 Å². The van der Waals surface area contributed by atoms with Crippen LogP contribution in [0.15, 0.2) is 20.2 Å². The molecule has 2 heterocycles. The highest BCUT2D eigenvalue weighted by Gasteiger charge is 2.27. The number of hydrogen-bond acceptors (Lipinski definition) is 6. The zero-order valence-electron chi connectivity index (χ0n) is 16.1. The number of nitrogens with one attached hydrogen (secondary N) is 1. The van der Waals surface area contributed by atoms with Crippen molar-refractivity contribution in [2.24, 2.45) is 0 Å². The van der Waals surface area contributed by atoms with Crippen LogP contribution in [0, 0.1) is 6.92 Å². The molecule has 0 aliphatic carbocycles. The first-order valence-electron chi connectivity index (χ1n) is 9.28. The van der Waals surface area contributed by atoms with E-state index in [1.165, 1.54) is 15.5 Å². The number of anilines is 2. The van der Waals surface area contributed by atoms with Crippen molar-refractivity contribution < 1.29 is 9.32 Å². The summed E-state index contributed by atoms with van der Waals surface area (Å²) in [6.45, 7) is 6.38. The Morgan fingerprint density at radius 1 is 1.26 bits per heavy atom. The zero-order chi connectivity index (χ0) is 20.0. The number of unbranched alkanes of at least 4 members (excludes halogenated alkanes) is 3. The van der Waals surface area contributed by atoms with Crippen LogP contribution in [-0.4, -0.2) is 27.2 Å². The largest absolute Gasteiger partial charge is 0.383 e. The number of nitrogens with zero attached hydrogens (tertiary/aromatic N) is 3. The Morgan fingerprint density at radius 3 is 2.56 bits per heavy atom. The summed E-state index contributed by atoms with van der Waals surface area (Å²) >= 11 is 0. The second-order valence-electron chi connectivity index (χ2n) is 6.49. The van der Waals surface area contributed by atoms with Gasteiger partial charge < -0.3 is 10.3 Å². The number of aromatic amines is 1. The molecule has 0 bridgehead atoms. The van der Waals surface area contributed by atoms with E-state index in [2.05, 4.69) is 10.1 Å². The predicted octanol–water partition coefficient (Wildman–Crippen LogP) is 2.05. The van der Waals surface area contributed by atoms with E-state index in [1.807, 2.05) is 13.8 Å². The maximum absolute atomic E-state index is 13.0. The van der Waals surface area contributed by atoms with Gasteiger partial charge in [-0.3, -0.25) is 24.0 Å². The van der Waals surface area contributed by atoms with Crippen molar-refractivity contribution in [3.8, 4) is 0 Å². The predicted molar refractivity (Wildman–Crippen MR) is 103 cm³/mol. The highest BCUT2D eigenvalue weighted by atomic mass is 16.5. The summed E-state index contributed by atoms with van der Waals surface area (Å²) in [6.07, 6.45) is 4.09. The Morgan fingerprint density at radius 2 is 1.96 bits per heavy atom. The topological polar surface area (TPSA) is 127 Å². The van der Waals surface area contributed by atoms with Gasteiger partial charge in [-0.15, -0.1) is 0 Å². The number of aryl methyl sites for hydroxylation is 1. The molecule has 2 aromatic heterocycles. The van der Waals surface area contributed by atoms with E-state index in [9.17, 15) is 14.4 Å². The minimum Gasteiger partial charge on any atom is -0.383 e. The fourth-order valence-electron chi connectivity index (χ4n) is 2.81. The van der Waals surface area contributed by atoms with Crippen molar-refractivity contribution in [2.75, 3.05) is 17.2 Å². The normalized spacial score (nSPS) is 10.9. The first kappa shape index (κ1) is 20.5. The van der Waals surface area contributed by atoms with Crippen molar-refractivity contribution in [1.29, 1.82) is 0 Å². The Balaban J connectivity index is 2.52. The molecule has 0 atom stereocenters. The number of H-pyrrole nitrogens is 1. The van der Waals surface area contributed by atoms with E-state index in [0.29, 0.717) is 18.7 Å². The number of nitrogen functional groups attached to an aromatic ring is 1. The van der Waals surface area contributed by atoms with E-state index in [-0.39, 0.29) is 23.8 Å². The monoisotopic (exact) mass is 377 g/mol. The van der Waals surface area contributed by atoms with Crippen LogP contribution >= 0.6 is 0 Å². The molecular weight excluding hydrogens is 350 g/mol. The first-order valence-corrected chi connectivity index (χ1v) is 9.28. The second kappa shape index (κ2) is 9.20. The molecule has 1 amide bonds. The lowest BCUT2D eigenvalue weighted by Crippen LogP contribution is -2.41. The van der Waals surface area contributed by atoms with E-state index in [1.54, 1.807) is 6.92 Å². The van der Waals surface area contributed by atoms with Gasteiger partial charge in [0.15, 0.2) is 5.69 Å². The highest BCUT2D eigenvalue weighted by molar-refractivity contribution is 6.05. The minimum absolute atomic E-state index is 0.0155. The van der Waals surface area contributed by atoms with Crippen LogP contribution in [0.1, 0.15) is 62.2 Å². The molecule has 0 saturated heterocycles. The van der Waals surface area contributed by atoms with Gasteiger partial charge >= 0.3 is 5.69 Å². The molecule has 0 saturated carbocycles. The van der Waals surface area contributed by atoms with Crippen LogP contribution in [0.5, 0.6) is 0 Å². The van der Waals surface area contributed by atoms with Crippen LogP contribution in [0.25, 0.3) is 0 Å². The Kier molecular flexibility index (Phi) is 6.98. The smallest absolute Gasteiger partial charge is 0.330 e. The molecule has 0 radical (unpaired) electrons. The fraction of sp³-hybridized carbons (Fsp3) is 0.556. The second-order valence-corrected chi connectivity index (χ2v) is 6.49. The standard InChI is InChI=1S/C18H27N5O4/c1-4-6-8-10-22(17(25)13-11-12(3)21-27-13)14-15(19)23(9-7-5-2)18(26)20-16(14)24/h11H,4-10,19H2,1-3H3,(H,20,24,26). The maximum Gasteiger partial charge on any atom is 0.330 e. The third-order valence-corrected chi connectivity index (χ3v) is 4.29. The van der Waals surface area contributed by atoms with Gasteiger partial charge in [0.2, 0.25) is 5.76 Å². The molecule has 3 N–H and O–H groups in total. The molecule has 27 heavy (non-hydrogen) atoms. The molecule has 148 valence electrons. The molecule has 0 fully saturated rings. The van der Waals surface area contributed by atoms with Crippen LogP contribution in [-0.2, 0) is 6.54 Å². The molecule has 9 heteroatoms. The van der Waals surface area contributed by atoms with Crippen molar-refractivity contribution >= 4 is 17.4 Å². The highest BCUT2D eigenvalue weighted by Crippen LogP contribution is 2.21. The number of carbonyl (C=O) groups excluding carboxylic acids is 1. The Hall–Kier alpha value is -2.84.